The van der Waals surface area contributed by atoms with Crippen LogP contribution in [-0.4, -0.2) is 55.6 Å². The molecule has 0 bridgehead atoms. The topological polar surface area (TPSA) is 68.2 Å². The minimum atomic E-state index is -1.02. The van der Waals surface area contributed by atoms with Crippen molar-refractivity contribution in [1.29, 1.82) is 0 Å². The van der Waals surface area contributed by atoms with Crippen molar-refractivity contribution in [2.24, 2.45) is 0 Å². The Balaban J connectivity index is 2.61. The second-order valence-corrected chi connectivity index (χ2v) is 2.69. The SMILES string of the molecule is CO[C@@H]1[C@@H](OC)[C@@H](O)OC[C@@H]1O. The van der Waals surface area contributed by atoms with Crippen LogP contribution in [0.15, 0.2) is 0 Å². The fourth-order valence-corrected chi connectivity index (χ4v) is 1.31. The van der Waals surface area contributed by atoms with E-state index in [0.29, 0.717) is 0 Å². The zero-order valence-electron chi connectivity index (χ0n) is 7.14. The molecule has 12 heavy (non-hydrogen) atoms. The van der Waals surface area contributed by atoms with Gasteiger partial charge in [-0.3, -0.25) is 0 Å². The van der Waals surface area contributed by atoms with Gasteiger partial charge in [0.05, 0.1) is 6.61 Å². The maximum atomic E-state index is 9.35. The quantitative estimate of drug-likeness (QED) is 0.551. The second-order valence-electron chi connectivity index (χ2n) is 2.69. The van der Waals surface area contributed by atoms with Crippen LogP contribution in [0, 0.1) is 0 Å². The van der Waals surface area contributed by atoms with Crippen LogP contribution in [0.5, 0.6) is 0 Å². The van der Waals surface area contributed by atoms with E-state index in [1.165, 1.54) is 14.2 Å². The summed E-state index contributed by atoms with van der Waals surface area (Å²) in [6.45, 7) is 0.0690. The third-order valence-corrected chi connectivity index (χ3v) is 1.97. The Morgan fingerprint density at radius 1 is 1.17 bits per heavy atom. The summed E-state index contributed by atoms with van der Waals surface area (Å²) in [5.41, 5.74) is 0. The van der Waals surface area contributed by atoms with Crippen LogP contribution in [0.2, 0.25) is 0 Å². The molecule has 0 aromatic rings. The first-order chi connectivity index (χ1) is 5.70. The lowest BCUT2D eigenvalue weighted by Crippen LogP contribution is -2.54. The molecule has 1 aliphatic heterocycles. The molecule has 0 unspecified atom stereocenters. The molecule has 0 aromatic carbocycles. The number of hydrogen-bond donors (Lipinski definition) is 2. The molecule has 1 aliphatic rings. The van der Waals surface area contributed by atoms with E-state index in [0.717, 1.165) is 0 Å². The Morgan fingerprint density at radius 2 is 1.75 bits per heavy atom. The van der Waals surface area contributed by atoms with Crippen LogP contribution >= 0.6 is 0 Å². The molecule has 72 valence electrons. The molecule has 1 heterocycles. The Bertz CT molecular complexity index is 124. The van der Waals surface area contributed by atoms with Crippen LogP contribution in [0.4, 0.5) is 0 Å². The number of aliphatic hydroxyl groups is 2. The van der Waals surface area contributed by atoms with Gasteiger partial charge >= 0.3 is 0 Å². The van der Waals surface area contributed by atoms with Crippen molar-refractivity contribution in [1.82, 2.24) is 0 Å². The predicted octanol–water partition coefficient (Wildman–Crippen LogP) is -1.27. The smallest absolute Gasteiger partial charge is 0.183 e. The van der Waals surface area contributed by atoms with Gasteiger partial charge in [0, 0.05) is 14.2 Å². The molecule has 5 heteroatoms. The third kappa shape index (κ3) is 1.75. The standard InChI is InChI=1S/C7H14O5/c1-10-5-4(8)3-12-7(9)6(5)11-2/h4-9H,3H2,1-2H3/t4-,5-,6+,7-/m0/s1. The van der Waals surface area contributed by atoms with Gasteiger partial charge in [-0.1, -0.05) is 0 Å². The maximum Gasteiger partial charge on any atom is 0.183 e. The lowest BCUT2D eigenvalue weighted by Gasteiger charge is -2.36. The molecule has 4 atom stereocenters. The van der Waals surface area contributed by atoms with Crippen molar-refractivity contribution < 1.29 is 24.4 Å². The fourth-order valence-electron chi connectivity index (χ4n) is 1.31. The number of rotatable bonds is 2. The predicted molar refractivity (Wildman–Crippen MR) is 39.6 cm³/mol. The second kappa shape index (κ2) is 4.15. The van der Waals surface area contributed by atoms with Crippen molar-refractivity contribution >= 4 is 0 Å². The van der Waals surface area contributed by atoms with Crippen molar-refractivity contribution in [2.45, 2.75) is 24.6 Å². The molecule has 0 radical (unpaired) electrons. The van der Waals surface area contributed by atoms with Gasteiger partial charge in [-0.05, 0) is 0 Å². The van der Waals surface area contributed by atoms with Crippen LogP contribution in [0.1, 0.15) is 0 Å². The summed E-state index contributed by atoms with van der Waals surface area (Å²) >= 11 is 0. The van der Waals surface area contributed by atoms with Gasteiger partial charge in [0.25, 0.3) is 0 Å². The summed E-state index contributed by atoms with van der Waals surface area (Å²) in [4.78, 5) is 0. The van der Waals surface area contributed by atoms with Gasteiger partial charge in [0.15, 0.2) is 6.29 Å². The minimum absolute atomic E-state index is 0.0690. The van der Waals surface area contributed by atoms with Crippen LogP contribution < -0.4 is 0 Å². The monoisotopic (exact) mass is 178 g/mol. The fraction of sp³-hybridized carbons (Fsp3) is 1.00. The Kier molecular flexibility index (Phi) is 3.42. The molecule has 1 fully saturated rings. The van der Waals surface area contributed by atoms with E-state index < -0.39 is 24.6 Å². The van der Waals surface area contributed by atoms with Gasteiger partial charge in [-0.15, -0.1) is 0 Å². The van der Waals surface area contributed by atoms with E-state index in [2.05, 4.69) is 0 Å². The zero-order chi connectivity index (χ0) is 9.14. The van der Waals surface area contributed by atoms with E-state index >= 15 is 0 Å². The molecular formula is C7H14O5. The highest BCUT2D eigenvalue weighted by atomic mass is 16.7. The first-order valence-electron chi connectivity index (χ1n) is 3.74. The lowest BCUT2D eigenvalue weighted by atomic mass is 10.1. The summed E-state index contributed by atoms with van der Waals surface area (Å²) in [7, 11) is 2.89. The highest BCUT2D eigenvalue weighted by molar-refractivity contribution is 4.84. The van der Waals surface area contributed by atoms with Crippen molar-refractivity contribution in [3.8, 4) is 0 Å². The van der Waals surface area contributed by atoms with Gasteiger partial charge in [-0.25, -0.2) is 0 Å². The average molecular weight is 178 g/mol. The molecular weight excluding hydrogens is 164 g/mol. The zero-order valence-corrected chi connectivity index (χ0v) is 7.14. The molecule has 2 N–H and O–H groups in total. The Morgan fingerprint density at radius 3 is 2.17 bits per heavy atom. The van der Waals surface area contributed by atoms with Crippen molar-refractivity contribution in [3.05, 3.63) is 0 Å². The van der Waals surface area contributed by atoms with Crippen molar-refractivity contribution in [3.63, 3.8) is 0 Å². The molecule has 5 nitrogen and oxygen atoms in total. The summed E-state index contributed by atoms with van der Waals surface area (Å²) in [5.74, 6) is 0. The van der Waals surface area contributed by atoms with Crippen LogP contribution in [0.25, 0.3) is 0 Å². The molecule has 0 spiro atoms. The first-order valence-corrected chi connectivity index (χ1v) is 3.74. The first kappa shape index (κ1) is 9.88. The Labute approximate surface area is 70.9 Å². The molecule has 0 saturated carbocycles. The average Bonchev–Trinajstić information content (AvgIpc) is 2.08. The summed E-state index contributed by atoms with van der Waals surface area (Å²) in [6, 6.07) is 0. The summed E-state index contributed by atoms with van der Waals surface area (Å²) in [5, 5.41) is 18.6. The summed E-state index contributed by atoms with van der Waals surface area (Å²) < 4.78 is 14.7. The highest BCUT2D eigenvalue weighted by Gasteiger charge is 2.39. The molecule has 1 saturated heterocycles. The van der Waals surface area contributed by atoms with Gasteiger partial charge in [0.2, 0.25) is 0 Å². The van der Waals surface area contributed by atoms with E-state index in [9.17, 15) is 10.2 Å². The van der Waals surface area contributed by atoms with Crippen LogP contribution in [-0.2, 0) is 14.2 Å². The summed E-state index contributed by atoms with van der Waals surface area (Å²) in [6.07, 6.45) is -2.93. The molecule has 1 rings (SSSR count). The van der Waals surface area contributed by atoms with Gasteiger partial charge in [0.1, 0.15) is 18.3 Å². The van der Waals surface area contributed by atoms with E-state index in [1.807, 2.05) is 0 Å². The maximum absolute atomic E-state index is 9.35. The van der Waals surface area contributed by atoms with Gasteiger partial charge < -0.3 is 24.4 Å². The number of aliphatic hydroxyl groups excluding tert-OH is 2. The third-order valence-electron chi connectivity index (χ3n) is 1.97. The van der Waals surface area contributed by atoms with E-state index in [4.69, 9.17) is 14.2 Å². The Hall–Kier alpha value is -0.200. The number of ether oxygens (including phenoxy) is 3. The van der Waals surface area contributed by atoms with Crippen LogP contribution in [0.3, 0.4) is 0 Å². The normalized spacial score (nSPS) is 43.0. The minimum Gasteiger partial charge on any atom is -0.388 e. The largest absolute Gasteiger partial charge is 0.388 e. The molecule has 0 aliphatic carbocycles. The molecule has 0 amide bonds. The van der Waals surface area contributed by atoms with E-state index in [1.54, 1.807) is 0 Å². The van der Waals surface area contributed by atoms with Gasteiger partial charge in [-0.2, -0.15) is 0 Å². The highest BCUT2D eigenvalue weighted by Crippen LogP contribution is 2.18. The van der Waals surface area contributed by atoms with Crippen molar-refractivity contribution in [2.75, 3.05) is 20.8 Å². The number of hydrogen-bond acceptors (Lipinski definition) is 5. The van der Waals surface area contributed by atoms with E-state index in [-0.39, 0.29) is 6.61 Å². The molecule has 0 aromatic heterocycles. The number of methoxy groups -OCH3 is 2. The lowest BCUT2D eigenvalue weighted by molar-refractivity contribution is -0.264.